The third-order valence-electron chi connectivity index (χ3n) is 5.98. The van der Waals surface area contributed by atoms with E-state index in [-0.39, 0.29) is 0 Å². The van der Waals surface area contributed by atoms with Crippen molar-refractivity contribution in [3.05, 3.63) is 84.9 Å². The van der Waals surface area contributed by atoms with Gasteiger partial charge < -0.3 is 9.40 Å². The molecule has 0 fully saturated rings. The van der Waals surface area contributed by atoms with Crippen molar-refractivity contribution in [1.29, 1.82) is 0 Å². The third kappa shape index (κ3) is 1.64. The first kappa shape index (κ1) is 14.3. The highest BCUT2D eigenvalue weighted by Gasteiger charge is 2.19. The Morgan fingerprint density at radius 1 is 0.536 bits per heavy atom. The van der Waals surface area contributed by atoms with E-state index in [0.717, 1.165) is 22.2 Å². The summed E-state index contributed by atoms with van der Waals surface area (Å²) in [6.45, 7) is 0. The largest absolute Gasteiger partial charge is 0.455 e. The molecule has 0 radical (unpaired) electrons. The fourth-order valence-electron chi connectivity index (χ4n) is 4.80. The number of nitrogens with one attached hydrogen (secondary N) is 1. The fourth-order valence-corrected chi connectivity index (χ4v) is 4.80. The number of benzene rings is 5. The van der Waals surface area contributed by atoms with E-state index in [0.29, 0.717) is 0 Å². The van der Waals surface area contributed by atoms with Crippen LogP contribution in [-0.4, -0.2) is 4.98 Å². The predicted octanol–water partition coefficient (Wildman–Crippen LogP) is 7.53. The summed E-state index contributed by atoms with van der Waals surface area (Å²) in [4.78, 5) is 3.69. The predicted molar refractivity (Wildman–Crippen MR) is 118 cm³/mol. The maximum absolute atomic E-state index is 6.47. The molecule has 2 nitrogen and oxygen atoms in total. The maximum Gasteiger partial charge on any atom is 0.146 e. The summed E-state index contributed by atoms with van der Waals surface area (Å²) in [5.74, 6) is 0. The Bertz CT molecular complexity index is 1720. The summed E-state index contributed by atoms with van der Waals surface area (Å²) in [6.07, 6.45) is 0. The van der Waals surface area contributed by atoms with Crippen LogP contribution < -0.4 is 0 Å². The molecule has 0 spiro atoms. The number of furan rings is 1. The van der Waals surface area contributed by atoms with Crippen molar-refractivity contribution in [2.24, 2.45) is 0 Å². The second-order valence-corrected chi connectivity index (χ2v) is 7.43. The molecule has 28 heavy (non-hydrogen) atoms. The number of fused-ring (bicyclic) bond motifs is 12. The molecule has 0 unspecified atom stereocenters. The Labute approximate surface area is 160 Å². The second-order valence-electron chi connectivity index (χ2n) is 7.43. The van der Waals surface area contributed by atoms with Gasteiger partial charge in [-0.25, -0.2) is 0 Å². The summed E-state index contributed by atoms with van der Waals surface area (Å²) in [5.41, 5.74) is 4.20. The van der Waals surface area contributed by atoms with Crippen LogP contribution in [0, 0.1) is 0 Å². The van der Waals surface area contributed by atoms with Crippen LogP contribution >= 0.6 is 0 Å². The average Bonchev–Trinajstić information content (AvgIpc) is 3.33. The first-order chi connectivity index (χ1) is 13.9. The summed E-state index contributed by atoms with van der Waals surface area (Å²) in [7, 11) is 0. The first-order valence-electron chi connectivity index (χ1n) is 9.55. The Morgan fingerprint density at radius 2 is 1.25 bits per heavy atom. The van der Waals surface area contributed by atoms with E-state index in [9.17, 15) is 0 Å². The maximum atomic E-state index is 6.47. The van der Waals surface area contributed by atoms with Gasteiger partial charge in [-0.1, -0.05) is 72.8 Å². The molecular formula is C26H15NO. The van der Waals surface area contributed by atoms with Gasteiger partial charge >= 0.3 is 0 Å². The molecule has 2 heterocycles. The van der Waals surface area contributed by atoms with Crippen molar-refractivity contribution >= 4 is 65.3 Å². The van der Waals surface area contributed by atoms with Gasteiger partial charge in [0.1, 0.15) is 11.2 Å². The molecule has 0 saturated carbocycles. The van der Waals surface area contributed by atoms with E-state index in [4.69, 9.17) is 4.42 Å². The normalized spacial score (nSPS) is 12.3. The number of para-hydroxylation sites is 1. The van der Waals surface area contributed by atoms with Gasteiger partial charge in [-0.05, 0) is 28.3 Å². The zero-order valence-electron chi connectivity index (χ0n) is 15.0. The fraction of sp³-hybridized carbons (Fsp3) is 0. The molecule has 0 atom stereocenters. The van der Waals surface area contributed by atoms with Crippen molar-refractivity contribution in [2.45, 2.75) is 0 Å². The lowest BCUT2D eigenvalue weighted by Gasteiger charge is -2.04. The Hall–Kier alpha value is -3.78. The third-order valence-corrected chi connectivity index (χ3v) is 5.98. The lowest BCUT2D eigenvalue weighted by molar-refractivity contribution is 0.673. The number of aromatic nitrogens is 1. The molecule has 0 saturated heterocycles. The smallest absolute Gasteiger partial charge is 0.146 e. The average molecular weight is 357 g/mol. The van der Waals surface area contributed by atoms with E-state index >= 15 is 0 Å². The highest BCUT2D eigenvalue weighted by molar-refractivity contribution is 6.37. The van der Waals surface area contributed by atoms with Crippen molar-refractivity contribution < 1.29 is 4.42 Å². The van der Waals surface area contributed by atoms with Crippen molar-refractivity contribution in [2.75, 3.05) is 0 Å². The standard InChI is InChI=1S/C26H15NO/c1-2-8-16-15(7-1)13-14-20-23(16)24-25(27-20)18-10-4-3-9-17(18)22-19-11-5-6-12-21(19)28-26(22)24/h1-14,27H. The molecule has 0 bridgehead atoms. The van der Waals surface area contributed by atoms with Gasteiger partial charge in [0.05, 0.1) is 10.9 Å². The first-order valence-corrected chi connectivity index (χ1v) is 9.55. The Balaban J connectivity index is 1.92. The Kier molecular flexibility index (Phi) is 2.52. The minimum atomic E-state index is 0.935. The van der Waals surface area contributed by atoms with Crippen molar-refractivity contribution in [3.63, 3.8) is 0 Å². The minimum Gasteiger partial charge on any atom is -0.455 e. The molecule has 0 aliphatic rings. The molecule has 7 rings (SSSR count). The van der Waals surface area contributed by atoms with Crippen LogP contribution in [0.4, 0.5) is 0 Å². The highest BCUT2D eigenvalue weighted by Crippen LogP contribution is 2.44. The van der Waals surface area contributed by atoms with Gasteiger partial charge in [-0.2, -0.15) is 0 Å². The molecule has 7 aromatic rings. The van der Waals surface area contributed by atoms with E-state index in [1.807, 2.05) is 6.07 Å². The quantitative estimate of drug-likeness (QED) is 0.299. The van der Waals surface area contributed by atoms with E-state index < -0.39 is 0 Å². The molecule has 5 aromatic carbocycles. The van der Waals surface area contributed by atoms with E-state index in [1.54, 1.807) is 0 Å². The number of hydrogen-bond donors (Lipinski definition) is 1. The van der Waals surface area contributed by atoms with Crippen molar-refractivity contribution in [1.82, 2.24) is 4.98 Å². The van der Waals surface area contributed by atoms with Crippen LogP contribution in [-0.2, 0) is 0 Å². The summed E-state index contributed by atoms with van der Waals surface area (Å²) < 4.78 is 6.47. The van der Waals surface area contributed by atoms with Crippen LogP contribution in [0.25, 0.3) is 65.3 Å². The van der Waals surface area contributed by atoms with Crippen LogP contribution in [0.2, 0.25) is 0 Å². The van der Waals surface area contributed by atoms with Gasteiger partial charge in [0.15, 0.2) is 0 Å². The van der Waals surface area contributed by atoms with Gasteiger partial charge in [0.25, 0.3) is 0 Å². The summed E-state index contributed by atoms with van der Waals surface area (Å²) in [6, 6.07) is 29.9. The van der Waals surface area contributed by atoms with E-state index in [2.05, 4.69) is 83.8 Å². The van der Waals surface area contributed by atoms with Gasteiger partial charge in [0.2, 0.25) is 0 Å². The van der Waals surface area contributed by atoms with Crippen LogP contribution in [0.15, 0.2) is 89.3 Å². The molecule has 0 amide bonds. The molecule has 0 aliphatic heterocycles. The van der Waals surface area contributed by atoms with Crippen LogP contribution in [0.5, 0.6) is 0 Å². The topological polar surface area (TPSA) is 28.9 Å². The van der Waals surface area contributed by atoms with Gasteiger partial charge in [0, 0.05) is 27.1 Å². The summed E-state index contributed by atoms with van der Waals surface area (Å²) in [5, 5.41) is 9.75. The van der Waals surface area contributed by atoms with Crippen LogP contribution in [0.1, 0.15) is 0 Å². The number of aromatic amines is 1. The molecule has 2 aromatic heterocycles. The molecule has 0 aliphatic carbocycles. The minimum absolute atomic E-state index is 0.935. The molecular weight excluding hydrogens is 342 g/mol. The lowest BCUT2D eigenvalue weighted by Crippen LogP contribution is -1.78. The van der Waals surface area contributed by atoms with E-state index in [1.165, 1.54) is 43.1 Å². The lowest BCUT2D eigenvalue weighted by atomic mass is 9.98. The number of hydrogen-bond acceptors (Lipinski definition) is 1. The SMILES string of the molecule is c1ccc2c(c1)ccc1[nH]c3c4ccccc4c4c5ccccc5oc4c3c12. The zero-order chi connectivity index (χ0) is 18.2. The second kappa shape index (κ2) is 4.93. The van der Waals surface area contributed by atoms with Crippen molar-refractivity contribution in [3.8, 4) is 0 Å². The zero-order valence-corrected chi connectivity index (χ0v) is 15.0. The summed E-state index contributed by atoms with van der Waals surface area (Å²) >= 11 is 0. The number of rotatable bonds is 0. The molecule has 130 valence electrons. The number of H-pyrrole nitrogens is 1. The molecule has 1 N–H and O–H groups in total. The highest BCUT2D eigenvalue weighted by atomic mass is 16.3. The van der Waals surface area contributed by atoms with Crippen LogP contribution in [0.3, 0.4) is 0 Å². The monoisotopic (exact) mass is 357 g/mol. The van der Waals surface area contributed by atoms with Gasteiger partial charge in [-0.15, -0.1) is 0 Å². The van der Waals surface area contributed by atoms with Gasteiger partial charge in [-0.3, -0.25) is 0 Å². The Morgan fingerprint density at radius 3 is 2.14 bits per heavy atom. The molecule has 2 heteroatoms.